The summed E-state index contributed by atoms with van der Waals surface area (Å²) in [5, 5.41) is 22.6. The van der Waals surface area contributed by atoms with Gasteiger partial charge >= 0.3 is 0 Å². The Balaban J connectivity index is 2.48. The second kappa shape index (κ2) is 11.4. The molecule has 1 heterocycles. The molecule has 2 bridgehead atoms. The molecule has 1 saturated carbocycles. The molecule has 0 aromatic heterocycles. The van der Waals surface area contributed by atoms with E-state index in [9.17, 15) is 19.8 Å². The van der Waals surface area contributed by atoms with Gasteiger partial charge in [-0.05, 0) is 98.8 Å². The molecule has 3 rings (SSSR count). The molecule has 41 heavy (non-hydrogen) atoms. The Hall–Kier alpha value is -2.31. The van der Waals surface area contributed by atoms with E-state index in [2.05, 4.69) is 12.2 Å². The number of ether oxygens (including phenoxy) is 1. The second-order valence-corrected chi connectivity index (χ2v) is 14.5. The molecule has 6 heteroatoms. The Morgan fingerprint density at radius 3 is 2.07 bits per heavy atom. The van der Waals surface area contributed by atoms with Crippen molar-refractivity contribution in [1.29, 1.82) is 0 Å². The van der Waals surface area contributed by atoms with Crippen LogP contribution in [0.15, 0.2) is 46.3 Å². The van der Waals surface area contributed by atoms with Crippen LogP contribution in [0, 0.1) is 28.1 Å². The van der Waals surface area contributed by atoms with Gasteiger partial charge in [0, 0.05) is 5.92 Å². The second-order valence-electron chi connectivity index (χ2n) is 14.5. The van der Waals surface area contributed by atoms with E-state index in [1.165, 1.54) is 13.8 Å². The van der Waals surface area contributed by atoms with Gasteiger partial charge in [0.25, 0.3) is 0 Å². The average molecular weight is 569 g/mol. The number of hydrogen-bond donors (Lipinski definition) is 2. The van der Waals surface area contributed by atoms with Crippen molar-refractivity contribution in [3.8, 4) is 0 Å². The van der Waals surface area contributed by atoms with Gasteiger partial charge in [-0.15, -0.1) is 0 Å². The lowest BCUT2D eigenvalue weighted by molar-refractivity contribution is -0.181. The van der Waals surface area contributed by atoms with Crippen LogP contribution in [0.2, 0.25) is 0 Å². The van der Waals surface area contributed by atoms with E-state index < -0.39 is 51.5 Å². The Labute approximate surface area is 247 Å². The molecular weight excluding hydrogens is 516 g/mol. The van der Waals surface area contributed by atoms with Crippen LogP contribution in [-0.2, 0) is 19.1 Å². The van der Waals surface area contributed by atoms with Crippen molar-refractivity contribution in [2.45, 2.75) is 126 Å². The molecule has 0 spiro atoms. The van der Waals surface area contributed by atoms with Gasteiger partial charge in [-0.3, -0.25) is 14.4 Å². The molecule has 0 aromatic carbocycles. The van der Waals surface area contributed by atoms with Crippen LogP contribution in [-0.4, -0.2) is 45.4 Å². The third kappa shape index (κ3) is 5.24. The Bertz CT molecular complexity index is 1210. The third-order valence-corrected chi connectivity index (χ3v) is 9.70. The van der Waals surface area contributed by atoms with Crippen LogP contribution in [0.25, 0.3) is 0 Å². The first-order valence-electron chi connectivity index (χ1n) is 15.1. The van der Waals surface area contributed by atoms with E-state index >= 15 is 4.79 Å². The van der Waals surface area contributed by atoms with E-state index in [0.717, 1.165) is 16.7 Å². The van der Waals surface area contributed by atoms with Crippen molar-refractivity contribution in [1.82, 2.24) is 0 Å². The van der Waals surface area contributed by atoms with Gasteiger partial charge < -0.3 is 14.9 Å². The lowest BCUT2D eigenvalue weighted by atomic mass is 9.38. The minimum absolute atomic E-state index is 0.00184. The van der Waals surface area contributed by atoms with Gasteiger partial charge in [-0.1, -0.05) is 55.7 Å². The third-order valence-electron chi connectivity index (χ3n) is 9.70. The van der Waals surface area contributed by atoms with Crippen molar-refractivity contribution in [3.05, 3.63) is 46.3 Å². The zero-order chi connectivity index (χ0) is 31.3. The summed E-state index contributed by atoms with van der Waals surface area (Å²) in [6, 6.07) is 0. The zero-order valence-corrected chi connectivity index (χ0v) is 27.1. The largest absolute Gasteiger partial charge is 0.487 e. The predicted octanol–water partition coefficient (Wildman–Crippen LogP) is 6.61. The maximum absolute atomic E-state index is 15.3. The molecule has 0 radical (unpaired) electrons. The molecule has 0 unspecified atom stereocenters. The summed E-state index contributed by atoms with van der Waals surface area (Å²) in [6.07, 6.45) is 5.97. The minimum atomic E-state index is -1.97. The normalized spacial score (nSPS) is 32.9. The summed E-state index contributed by atoms with van der Waals surface area (Å²) in [5.74, 6) is -2.03. The predicted molar refractivity (Wildman–Crippen MR) is 162 cm³/mol. The topological polar surface area (TPSA) is 101 Å². The van der Waals surface area contributed by atoms with E-state index in [1.807, 2.05) is 54.5 Å². The number of fused-ring (bicyclic) bond motifs is 3. The van der Waals surface area contributed by atoms with Crippen LogP contribution < -0.4 is 0 Å². The van der Waals surface area contributed by atoms with Gasteiger partial charge in [0.1, 0.15) is 11.9 Å². The highest BCUT2D eigenvalue weighted by atomic mass is 16.5. The summed E-state index contributed by atoms with van der Waals surface area (Å²) in [7, 11) is 0. The molecule has 2 N–H and O–H groups in total. The summed E-state index contributed by atoms with van der Waals surface area (Å²) >= 11 is 0. The number of ketones is 3. The Morgan fingerprint density at radius 1 is 1.02 bits per heavy atom. The molecule has 0 aromatic rings. The smallest absolute Gasteiger partial charge is 0.186 e. The summed E-state index contributed by atoms with van der Waals surface area (Å²) in [5.41, 5.74) is -2.50. The first-order chi connectivity index (χ1) is 18.8. The number of hydrogen-bond acceptors (Lipinski definition) is 6. The highest BCUT2D eigenvalue weighted by molar-refractivity contribution is 6.34. The SMILES string of the molecule is CC(C)=CCC[C@]1(C)[C@@H](CC=C(C)C)C[C@@]2(CC=C(C)C)C(=O)[C@]1(C(=O)C(C)C)C(=O)C1=C2O[C@H](C(C)(C)O)[C@H]1O. The van der Waals surface area contributed by atoms with Crippen LogP contribution in [0.4, 0.5) is 0 Å². The maximum Gasteiger partial charge on any atom is 0.186 e. The fourth-order valence-electron chi connectivity index (χ4n) is 7.46. The molecule has 228 valence electrons. The van der Waals surface area contributed by atoms with Crippen molar-refractivity contribution in [2.75, 3.05) is 0 Å². The summed E-state index contributed by atoms with van der Waals surface area (Å²) in [6.45, 7) is 20.5. The Morgan fingerprint density at radius 2 is 1.59 bits per heavy atom. The fourth-order valence-corrected chi connectivity index (χ4v) is 7.46. The molecule has 3 aliphatic rings. The summed E-state index contributed by atoms with van der Waals surface area (Å²) < 4.78 is 6.32. The van der Waals surface area contributed by atoms with E-state index in [0.29, 0.717) is 25.7 Å². The van der Waals surface area contributed by atoms with Crippen molar-refractivity contribution < 1.29 is 29.3 Å². The van der Waals surface area contributed by atoms with Crippen LogP contribution in [0.3, 0.4) is 0 Å². The molecule has 0 saturated heterocycles. The number of allylic oxidation sites excluding steroid dienone is 7. The number of carbonyl (C=O) groups is 3. The number of aliphatic hydroxyl groups excluding tert-OH is 1. The monoisotopic (exact) mass is 568 g/mol. The molecule has 6 nitrogen and oxygen atoms in total. The van der Waals surface area contributed by atoms with E-state index in [-0.39, 0.29) is 29.5 Å². The fraction of sp³-hybridized carbons (Fsp3) is 0.686. The van der Waals surface area contributed by atoms with Gasteiger partial charge in [-0.25, -0.2) is 0 Å². The van der Waals surface area contributed by atoms with Crippen LogP contribution >= 0.6 is 0 Å². The minimum Gasteiger partial charge on any atom is -0.487 e. The molecule has 2 aliphatic carbocycles. The first kappa shape index (κ1) is 33.2. The average Bonchev–Trinajstić information content (AvgIpc) is 3.20. The Kier molecular flexibility index (Phi) is 9.24. The van der Waals surface area contributed by atoms with Gasteiger partial charge in [0.15, 0.2) is 28.9 Å². The highest BCUT2D eigenvalue weighted by Gasteiger charge is 2.78. The quantitative estimate of drug-likeness (QED) is 0.227. The van der Waals surface area contributed by atoms with Crippen molar-refractivity contribution >= 4 is 17.3 Å². The van der Waals surface area contributed by atoms with Gasteiger partial charge in [0.2, 0.25) is 0 Å². The number of aliphatic hydroxyl groups is 2. The number of carbonyl (C=O) groups excluding carboxylic acids is 3. The summed E-state index contributed by atoms with van der Waals surface area (Å²) in [4.78, 5) is 44.9. The van der Waals surface area contributed by atoms with E-state index in [4.69, 9.17) is 4.74 Å². The lowest BCUT2D eigenvalue weighted by Gasteiger charge is -2.61. The van der Waals surface area contributed by atoms with Crippen molar-refractivity contribution in [2.24, 2.45) is 28.1 Å². The molecule has 0 amide bonds. The van der Waals surface area contributed by atoms with Crippen LogP contribution in [0.1, 0.15) is 108 Å². The van der Waals surface area contributed by atoms with Crippen LogP contribution in [0.5, 0.6) is 0 Å². The van der Waals surface area contributed by atoms with Gasteiger partial charge in [-0.2, -0.15) is 0 Å². The van der Waals surface area contributed by atoms with E-state index in [1.54, 1.807) is 13.8 Å². The highest BCUT2D eigenvalue weighted by Crippen LogP contribution is 2.69. The maximum atomic E-state index is 15.3. The van der Waals surface area contributed by atoms with Gasteiger partial charge in [0.05, 0.1) is 16.6 Å². The molecule has 1 fully saturated rings. The molecule has 6 atom stereocenters. The number of rotatable bonds is 10. The first-order valence-corrected chi connectivity index (χ1v) is 15.1. The molecular formula is C35H52O6. The zero-order valence-electron chi connectivity index (χ0n) is 27.1. The number of Topliss-reactive ketones (excluding diaryl/α,β-unsaturated/α-hetero) is 3. The van der Waals surface area contributed by atoms with Crippen molar-refractivity contribution in [3.63, 3.8) is 0 Å². The standard InChI is InChI=1S/C35H52O6/c1-20(2)13-12-17-33(11)24(15-14-21(3)4)19-34(18-16-22(5)6)29-25(26(36)30(41-29)32(9,10)40)28(38)35(33,31(34)39)27(37)23(7)8/h13-14,16,23-24,26,30,36,40H,12,15,17-19H2,1-11H3/t24-,26-,30-,33+,34+,35-/m0/s1. The lowest BCUT2D eigenvalue weighted by Crippen LogP contribution is -2.71. The molecule has 1 aliphatic heterocycles.